The summed E-state index contributed by atoms with van der Waals surface area (Å²) in [6.07, 6.45) is 2.12. The van der Waals surface area contributed by atoms with Crippen molar-refractivity contribution in [2.24, 2.45) is 0 Å². The predicted octanol–water partition coefficient (Wildman–Crippen LogP) is 2.27. The Labute approximate surface area is 119 Å². The fourth-order valence-corrected chi connectivity index (χ4v) is 1.93. The molecule has 1 N–H and O–H groups in total. The fourth-order valence-electron chi connectivity index (χ4n) is 1.93. The summed E-state index contributed by atoms with van der Waals surface area (Å²) in [7, 11) is 3.46. The van der Waals surface area contributed by atoms with Gasteiger partial charge >= 0.3 is 6.03 Å². The summed E-state index contributed by atoms with van der Waals surface area (Å²) in [5, 5.41) is 2.88. The van der Waals surface area contributed by atoms with E-state index in [2.05, 4.69) is 5.32 Å². The van der Waals surface area contributed by atoms with Crippen LogP contribution in [0.15, 0.2) is 24.3 Å². The van der Waals surface area contributed by atoms with Crippen LogP contribution < -0.4 is 14.8 Å². The Kier molecular flexibility index (Phi) is 4.71. The highest BCUT2D eigenvalue weighted by atomic mass is 16.5. The lowest BCUT2D eigenvalue weighted by atomic mass is 10.3. The number of hydrogen-bond acceptors (Lipinski definition) is 3. The molecule has 1 aliphatic rings. The largest absolute Gasteiger partial charge is 0.497 e. The average Bonchev–Trinajstić information content (AvgIpc) is 3.28. The molecule has 2 rings (SSSR count). The number of carbonyl (C=O) groups excluding carboxylic acids is 1. The molecule has 2 amide bonds. The minimum atomic E-state index is -0.0985. The Bertz CT molecular complexity index is 460. The molecule has 5 nitrogen and oxygen atoms in total. The van der Waals surface area contributed by atoms with Crippen LogP contribution in [0.1, 0.15) is 19.8 Å². The molecule has 20 heavy (non-hydrogen) atoms. The van der Waals surface area contributed by atoms with Crippen molar-refractivity contribution in [3.8, 4) is 11.5 Å². The lowest BCUT2D eigenvalue weighted by molar-refractivity contribution is 0.188. The molecule has 5 heteroatoms. The first-order chi connectivity index (χ1) is 9.60. The number of methoxy groups -OCH3 is 1. The maximum Gasteiger partial charge on any atom is 0.317 e. The summed E-state index contributed by atoms with van der Waals surface area (Å²) in [6.45, 7) is 2.41. The van der Waals surface area contributed by atoms with E-state index in [9.17, 15) is 4.79 Å². The van der Waals surface area contributed by atoms with E-state index < -0.39 is 0 Å². The predicted molar refractivity (Wildman–Crippen MR) is 77.3 cm³/mol. The van der Waals surface area contributed by atoms with E-state index in [-0.39, 0.29) is 12.1 Å². The van der Waals surface area contributed by atoms with E-state index in [1.165, 1.54) is 0 Å². The molecule has 110 valence electrons. The molecule has 0 spiro atoms. The van der Waals surface area contributed by atoms with Crippen LogP contribution in [-0.4, -0.2) is 43.8 Å². The standard InChI is InChI=1S/C15H22N2O3/c1-11(10-16-15(18)17(2)12-7-8-12)20-14-6-4-5-13(9-14)19-3/h4-6,9,11-12H,7-8,10H2,1-3H3,(H,16,18)/t11-/m1/s1. The molecule has 0 heterocycles. The molecule has 0 bridgehead atoms. The van der Waals surface area contributed by atoms with E-state index in [0.717, 1.165) is 24.3 Å². The van der Waals surface area contributed by atoms with Crippen molar-refractivity contribution in [3.63, 3.8) is 0 Å². The number of rotatable bonds is 6. The van der Waals surface area contributed by atoms with Crippen molar-refractivity contribution in [2.45, 2.75) is 31.9 Å². The summed E-state index contributed by atoms with van der Waals surface area (Å²) in [5.74, 6) is 1.49. The van der Waals surface area contributed by atoms with Gasteiger partial charge in [-0.15, -0.1) is 0 Å². The van der Waals surface area contributed by atoms with Gasteiger partial charge in [0.15, 0.2) is 0 Å². The van der Waals surface area contributed by atoms with Crippen LogP contribution in [0.5, 0.6) is 11.5 Å². The monoisotopic (exact) mass is 278 g/mol. The smallest absolute Gasteiger partial charge is 0.317 e. The number of benzene rings is 1. The van der Waals surface area contributed by atoms with E-state index in [4.69, 9.17) is 9.47 Å². The van der Waals surface area contributed by atoms with Gasteiger partial charge in [0.1, 0.15) is 17.6 Å². The number of ether oxygens (including phenoxy) is 2. The third kappa shape index (κ3) is 4.05. The highest BCUT2D eigenvalue weighted by molar-refractivity contribution is 5.74. The SMILES string of the molecule is COc1cccc(O[C@H](C)CNC(=O)N(C)C2CC2)c1. The van der Waals surface area contributed by atoms with Gasteiger partial charge in [-0.2, -0.15) is 0 Å². The molecule has 0 aliphatic heterocycles. The first-order valence-corrected chi connectivity index (χ1v) is 6.91. The van der Waals surface area contributed by atoms with Gasteiger partial charge in [-0.3, -0.25) is 0 Å². The van der Waals surface area contributed by atoms with E-state index in [1.807, 2.05) is 38.2 Å². The van der Waals surface area contributed by atoms with Crippen LogP contribution in [0.2, 0.25) is 0 Å². The highest BCUT2D eigenvalue weighted by Gasteiger charge is 2.29. The van der Waals surface area contributed by atoms with Gasteiger partial charge in [0, 0.05) is 19.2 Å². The zero-order valence-electron chi connectivity index (χ0n) is 12.3. The molecular weight excluding hydrogens is 256 g/mol. The van der Waals surface area contributed by atoms with Gasteiger partial charge in [-0.1, -0.05) is 6.07 Å². The van der Waals surface area contributed by atoms with Crippen LogP contribution in [0, 0.1) is 0 Å². The van der Waals surface area contributed by atoms with Crippen molar-refractivity contribution in [1.82, 2.24) is 10.2 Å². The molecule has 1 aliphatic carbocycles. The lowest BCUT2D eigenvalue weighted by Crippen LogP contribution is -2.42. The Morgan fingerprint density at radius 2 is 2.15 bits per heavy atom. The second-order valence-electron chi connectivity index (χ2n) is 5.14. The Morgan fingerprint density at radius 3 is 2.80 bits per heavy atom. The number of nitrogens with one attached hydrogen (secondary N) is 1. The Hall–Kier alpha value is -1.91. The highest BCUT2D eigenvalue weighted by Crippen LogP contribution is 2.25. The maximum atomic E-state index is 11.8. The first kappa shape index (κ1) is 14.5. The van der Waals surface area contributed by atoms with Crippen molar-refractivity contribution < 1.29 is 14.3 Å². The number of hydrogen-bond donors (Lipinski definition) is 1. The number of carbonyl (C=O) groups is 1. The molecule has 0 radical (unpaired) electrons. The number of nitrogens with zero attached hydrogens (tertiary/aromatic N) is 1. The molecular formula is C15H22N2O3. The van der Waals surface area contributed by atoms with Gasteiger partial charge in [0.2, 0.25) is 0 Å². The summed E-state index contributed by atoms with van der Waals surface area (Å²) in [6, 6.07) is 7.83. The molecule has 1 atom stereocenters. The van der Waals surface area contributed by atoms with Crippen molar-refractivity contribution in [1.29, 1.82) is 0 Å². The van der Waals surface area contributed by atoms with Crippen molar-refractivity contribution in [3.05, 3.63) is 24.3 Å². The minimum Gasteiger partial charge on any atom is -0.497 e. The molecule has 1 aromatic rings. The summed E-state index contributed by atoms with van der Waals surface area (Å²) in [5.41, 5.74) is 0. The second kappa shape index (κ2) is 6.50. The fraction of sp³-hybridized carbons (Fsp3) is 0.533. The minimum absolute atomic E-state index is 0.0337. The zero-order chi connectivity index (χ0) is 14.5. The first-order valence-electron chi connectivity index (χ1n) is 6.91. The molecule has 0 aromatic heterocycles. The van der Waals surface area contributed by atoms with Crippen LogP contribution in [0.3, 0.4) is 0 Å². The molecule has 1 aromatic carbocycles. The van der Waals surface area contributed by atoms with Gasteiger partial charge < -0.3 is 19.7 Å². The Morgan fingerprint density at radius 1 is 1.45 bits per heavy atom. The van der Waals surface area contributed by atoms with Crippen molar-refractivity contribution in [2.75, 3.05) is 20.7 Å². The van der Waals surface area contributed by atoms with E-state index in [1.54, 1.807) is 12.0 Å². The van der Waals surface area contributed by atoms with Gasteiger partial charge in [-0.25, -0.2) is 4.79 Å². The lowest BCUT2D eigenvalue weighted by Gasteiger charge is -2.20. The number of urea groups is 1. The molecule has 1 fully saturated rings. The van der Waals surface area contributed by atoms with Crippen LogP contribution >= 0.6 is 0 Å². The Balaban J connectivity index is 1.76. The van der Waals surface area contributed by atoms with Crippen LogP contribution in [-0.2, 0) is 0 Å². The average molecular weight is 278 g/mol. The molecule has 0 unspecified atom stereocenters. The normalized spacial score (nSPS) is 15.3. The third-order valence-corrected chi connectivity index (χ3v) is 3.33. The van der Waals surface area contributed by atoms with E-state index >= 15 is 0 Å². The van der Waals surface area contributed by atoms with Crippen LogP contribution in [0.25, 0.3) is 0 Å². The second-order valence-corrected chi connectivity index (χ2v) is 5.14. The number of amides is 2. The summed E-state index contributed by atoms with van der Waals surface area (Å²) in [4.78, 5) is 13.6. The van der Waals surface area contributed by atoms with Gasteiger partial charge in [-0.05, 0) is 31.9 Å². The summed E-state index contributed by atoms with van der Waals surface area (Å²) >= 11 is 0. The van der Waals surface area contributed by atoms with Crippen LogP contribution in [0.4, 0.5) is 4.79 Å². The maximum absolute atomic E-state index is 11.8. The van der Waals surface area contributed by atoms with E-state index in [0.29, 0.717) is 12.6 Å². The molecule has 0 saturated heterocycles. The summed E-state index contributed by atoms with van der Waals surface area (Å²) < 4.78 is 10.9. The zero-order valence-corrected chi connectivity index (χ0v) is 12.3. The molecule has 1 saturated carbocycles. The third-order valence-electron chi connectivity index (χ3n) is 3.33. The van der Waals surface area contributed by atoms with Gasteiger partial charge in [0.25, 0.3) is 0 Å². The van der Waals surface area contributed by atoms with Crippen molar-refractivity contribution >= 4 is 6.03 Å². The topological polar surface area (TPSA) is 50.8 Å². The van der Waals surface area contributed by atoms with Gasteiger partial charge in [0.05, 0.1) is 13.7 Å². The quantitative estimate of drug-likeness (QED) is 0.868.